The van der Waals surface area contributed by atoms with Crippen molar-refractivity contribution in [3.05, 3.63) is 52.6 Å². The number of rotatable bonds is 9. The zero-order valence-corrected chi connectivity index (χ0v) is 20.1. The molecule has 192 valence electrons. The molecule has 0 aromatic heterocycles. The van der Waals surface area contributed by atoms with E-state index >= 15 is 0 Å². The van der Waals surface area contributed by atoms with Crippen LogP contribution in [0, 0.1) is 0 Å². The van der Waals surface area contributed by atoms with Crippen molar-refractivity contribution in [3.8, 4) is 0 Å². The number of benzene rings is 1. The number of nitrogens with zero attached hydrogens (tertiary/aromatic N) is 1. The van der Waals surface area contributed by atoms with Gasteiger partial charge in [0.2, 0.25) is 5.91 Å². The average molecular weight is 501 g/mol. The van der Waals surface area contributed by atoms with Gasteiger partial charge >= 0.3 is 23.9 Å². The summed E-state index contributed by atoms with van der Waals surface area (Å²) in [5.74, 6) is -5.34. The van der Waals surface area contributed by atoms with Gasteiger partial charge in [-0.1, -0.05) is 18.2 Å². The second-order valence-corrected chi connectivity index (χ2v) is 7.69. The first-order valence-corrected chi connectivity index (χ1v) is 11.3. The molecule has 2 heterocycles. The second-order valence-electron chi connectivity index (χ2n) is 7.69. The Kier molecular flexibility index (Phi) is 7.66. The number of cyclic esters (lactones) is 1. The third-order valence-electron chi connectivity index (χ3n) is 5.58. The summed E-state index contributed by atoms with van der Waals surface area (Å²) in [7, 11) is 0. The number of para-hydroxylation sites is 1. The molecule has 0 fully saturated rings. The first-order chi connectivity index (χ1) is 17.1. The molecule has 1 spiro atoms. The predicted molar refractivity (Wildman–Crippen MR) is 124 cm³/mol. The molecule has 4 N–H and O–H groups in total. The minimum absolute atomic E-state index is 0.0474. The number of carbonyl (C=O) groups excluding carboxylic acids is 5. The number of esters is 4. The molecule has 1 atom stereocenters. The smallest absolute Gasteiger partial charge is 0.339 e. The highest BCUT2D eigenvalue weighted by molar-refractivity contribution is 6.16. The summed E-state index contributed by atoms with van der Waals surface area (Å²) in [5, 5.41) is 0. The van der Waals surface area contributed by atoms with Crippen LogP contribution in [-0.4, -0.2) is 56.1 Å². The van der Waals surface area contributed by atoms with Crippen molar-refractivity contribution in [1.82, 2.24) is 0 Å². The zero-order valence-electron chi connectivity index (χ0n) is 20.1. The van der Waals surface area contributed by atoms with Crippen molar-refractivity contribution in [3.63, 3.8) is 0 Å². The van der Waals surface area contributed by atoms with Crippen LogP contribution in [0.2, 0.25) is 0 Å². The van der Waals surface area contributed by atoms with Gasteiger partial charge in [-0.05, 0) is 26.8 Å². The molecule has 0 aliphatic carbocycles. The Morgan fingerprint density at radius 1 is 0.944 bits per heavy atom. The highest BCUT2D eigenvalue weighted by Crippen LogP contribution is 2.54. The third-order valence-corrected chi connectivity index (χ3v) is 5.58. The highest BCUT2D eigenvalue weighted by atomic mass is 16.6. The number of hydrogen-bond donors (Lipinski definition) is 2. The van der Waals surface area contributed by atoms with Gasteiger partial charge in [-0.15, -0.1) is 0 Å². The SMILES string of the molecule is CCOC(=O)CC1=C(C(=O)OCC)[C@@]2(C(=O)O1)C(C(=O)OCC)=C(N)N(CC(N)=O)c1ccccc12. The van der Waals surface area contributed by atoms with Crippen LogP contribution in [0.5, 0.6) is 0 Å². The van der Waals surface area contributed by atoms with E-state index in [0.717, 1.165) is 0 Å². The molecule has 0 radical (unpaired) electrons. The quantitative estimate of drug-likeness (QED) is 0.351. The standard InChI is InChI=1S/C24H27N3O9/c1-4-33-17(29)11-15-18(21(30)34-5-2)24(23(32)36-15)13-9-7-8-10-14(13)27(12-16(25)28)20(26)19(24)22(31)35-6-3/h7-10H,4-6,11-12,26H2,1-3H3,(H2,25,28)/t24-/m1/s1. The molecule has 3 rings (SSSR count). The summed E-state index contributed by atoms with van der Waals surface area (Å²) < 4.78 is 20.8. The molecule has 2 aliphatic heterocycles. The van der Waals surface area contributed by atoms with Crippen molar-refractivity contribution < 1.29 is 42.9 Å². The fourth-order valence-corrected chi connectivity index (χ4v) is 4.36. The fraction of sp³-hybridized carbons (Fsp3) is 0.375. The zero-order chi connectivity index (χ0) is 26.6. The number of anilines is 1. The Labute approximate surface area is 206 Å². The van der Waals surface area contributed by atoms with Gasteiger partial charge in [0.05, 0.1) is 19.8 Å². The molecule has 2 aliphatic rings. The van der Waals surface area contributed by atoms with E-state index in [1.807, 2.05) is 0 Å². The van der Waals surface area contributed by atoms with Gasteiger partial charge in [0.25, 0.3) is 0 Å². The molecule has 12 nitrogen and oxygen atoms in total. The Morgan fingerprint density at radius 3 is 2.11 bits per heavy atom. The normalized spacial score (nSPS) is 18.6. The molecule has 1 aromatic carbocycles. The van der Waals surface area contributed by atoms with Crippen molar-refractivity contribution in [2.75, 3.05) is 31.3 Å². The lowest BCUT2D eigenvalue weighted by Crippen LogP contribution is -2.52. The Bertz CT molecular complexity index is 1190. The maximum absolute atomic E-state index is 13.7. The van der Waals surface area contributed by atoms with Crippen LogP contribution in [-0.2, 0) is 48.3 Å². The van der Waals surface area contributed by atoms with Gasteiger partial charge in [-0.25, -0.2) is 14.4 Å². The van der Waals surface area contributed by atoms with Crippen molar-refractivity contribution >= 4 is 35.5 Å². The monoisotopic (exact) mass is 501 g/mol. The summed E-state index contributed by atoms with van der Waals surface area (Å²) in [5.41, 5.74) is 9.01. The van der Waals surface area contributed by atoms with Crippen LogP contribution in [0.15, 0.2) is 47.0 Å². The van der Waals surface area contributed by atoms with Crippen LogP contribution < -0.4 is 16.4 Å². The first kappa shape index (κ1) is 26.3. The molecular weight excluding hydrogens is 474 g/mol. The molecule has 0 bridgehead atoms. The molecule has 36 heavy (non-hydrogen) atoms. The molecule has 1 aromatic rings. The van der Waals surface area contributed by atoms with E-state index in [-0.39, 0.29) is 42.7 Å². The van der Waals surface area contributed by atoms with Gasteiger partial charge < -0.3 is 35.3 Å². The summed E-state index contributed by atoms with van der Waals surface area (Å²) in [6, 6.07) is 6.18. The van der Waals surface area contributed by atoms with Gasteiger partial charge in [-0.3, -0.25) is 9.59 Å². The summed E-state index contributed by atoms with van der Waals surface area (Å²) in [6.45, 7) is 4.12. The van der Waals surface area contributed by atoms with E-state index in [1.54, 1.807) is 32.9 Å². The molecule has 0 unspecified atom stereocenters. The van der Waals surface area contributed by atoms with Crippen molar-refractivity contribution in [2.24, 2.45) is 11.5 Å². The van der Waals surface area contributed by atoms with E-state index in [0.29, 0.717) is 0 Å². The molecular formula is C24H27N3O9. The number of fused-ring (bicyclic) bond motifs is 2. The highest BCUT2D eigenvalue weighted by Gasteiger charge is 2.64. The second kappa shape index (κ2) is 10.5. The maximum atomic E-state index is 13.7. The van der Waals surface area contributed by atoms with Gasteiger partial charge in [-0.2, -0.15) is 0 Å². The van der Waals surface area contributed by atoms with Gasteiger partial charge in [0.1, 0.15) is 35.7 Å². The molecule has 12 heteroatoms. The Hall–Kier alpha value is -4.35. The third kappa shape index (κ3) is 4.25. The lowest BCUT2D eigenvalue weighted by atomic mass is 9.66. The average Bonchev–Trinajstić information content (AvgIpc) is 3.08. The van der Waals surface area contributed by atoms with Gasteiger partial charge in [0.15, 0.2) is 5.41 Å². The Balaban J connectivity index is 2.44. The maximum Gasteiger partial charge on any atom is 0.339 e. The minimum atomic E-state index is -2.24. The van der Waals surface area contributed by atoms with Crippen LogP contribution in [0.4, 0.5) is 5.69 Å². The predicted octanol–water partition coefficient (Wildman–Crippen LogP) is 0.290. The van der Waals surface area contributed by atoms with E-state index in [1.165, 1.54) is 17.0 Å². The number of nitrogens with two attached hydrogens (primary N) is 2. The van der Waals surface area contributed by atoms with Crippen LogP contribution in [0.25, 0.3) is 0 Å². The Morgan fingerprint density at radius 2 is 1.53 bits per heavy atom. The number of hydrogen-bond acceptors (Lipinski definition) is 11. The summed E-state index contributed by atoms with van der Waals surface area (Å²) in [6.07, 6.45) is -0.585. The van der Waals surface area contributed by atoms with Crippen molar-refractivity contribution in [2.45, 2.75) is 32.6 Å². The lowest BCUT2D eigenvalue weighted by Gasteiger charge is -2.40. The minimum Gasteiger partial charge on any atom is -0.466 e. The fourth-order valence-electron chi connectivity index (χ4n) is 4.36. The van der Waals surface area contributed by atoms with E-state index in [2.05, 4.69) is 0 Å². The van der Waals surface area contributed by atoms with E-state index in [9.17, 15) is 24.0 Å². The van der Waals surface area contributed by atoms with Gasteiger partial charge in [0, 0.05) is 11.3 Å². The molecule has 1 amide bonds. The number of ether oxygens (including phenoxy) is 4. The van der Waals surface area contributed by atoms with Crippen LogP contribution >= 0.6 is 0 Å². The van der Waals surface area contributed by atoms with Crippen molar-refractivity contribution in [1.29, 1.82) is 0 Å². The molecule has 0 saturated carbocycles. The number of amides is 1. The van der Waals surface area contributed by atoms with Crippen LogP contribution in [0.1, 0.15) is 32.8 Å². The summed E-state index contributed by atoms with van der Waals surface area (Å²) in [4.78, 5) is 65.8. The topological polar surface area (TPSA) is 178 Å². The van der Waals surface area contributed by atoms with E-state index < -0.39 is 59.3 Å². The number of primary amides is 1. The largest absolute Gasteiger partial charge is 0.466 e. The summed E-state index contributed by atoms with van der Waals surface area (Å²) >= 11 is 0. The first-order valence-electron chi connectivity index (χ1n) is 11.3. The van der Waals surface area contributed by atoms with E-state index in [4.69, 9.17) is 30.4 Å². The van der Waals surface area contributed by atoms with Crippen LogP contribution in [0.3, 0.4) is 0 Å². The number of carbonyl (C=O) groups is 5. The lowest BCUT2D eigenvalue weighted by molar-refractivity contribution is -0.148. The molecule has 0 saturated heterocycles.